The summed E-state index contributed by atoms with van der Waals surface area (Å²) in [6.07, 6.45) is 5.14. The SMILES string of the molecule is CCCCC(Sc1nc(C2CC2)n(-c2ccccc2)n1)C(=O)OC. The fourth-order valence-corrected chi connectivity index (χ4v) is 3.60. The third kappa shape index (κ3) is 3.98. The average Bonchev–Trinajstić information content (AvgIpc) is 3.38. The highest BCUT2D eigenvalue weighted by Gasteiger charge is 2.31. The summed E-state index contributed by atoms with van der Waals surface area (Å²) in [4.78, 5) is 16.7. The van der Waals surface area contributed by atoms with Crippen LogP contribution in [0.15, 0.2) is 35.5 Å². The summed E-state index contributed by atoms with van der Waals surface area (Å²) >= 11 is 1.42. The second kappa shape index (κ2) is 7.83. The first-order chi connectivity index (χ1) is 11.7. The van der Waals surface area contributed by atoms with E-state index in [1.54, 1.807) is 0 Å². The summed E-state index contributed by atoms with van der Waals surface area (Å²) in [6.45, 7) is 2.12. The number of carbonyl (C=O) groups is 1. The fraction of sp³-hybridized carbons (Fsp3) is 0.500. The minimum atomic E-state index is -0.242. The van der Waals surface area contributed by atoms with Gasteiger partial charge in [-0.15, -0.1) is 5.10 Å². The molecule has 5 nitrogen and oxygen atoms in total. The third-order valence-electron chi connectivity index (χ3n) is 4.09. The number of carbonyl (C=O) groups excluding carboxylic acids is 1. The van der Waals surface area contributed by atoms with Crippen LogP contribution in [0.25, 0.3) is 5.69 Å². The van der Waals surface area contributed by atoms with Gasteiger partial charge in [0.1, 0.15) is 11.1 Å². The maximum atomic E-state index is 12.0. The molecule has 2 aromatic rings. The molecule has 1 aromatic carbocycles. The molecule has 0 radical (unpaired) electrons. The van der Waals surface area contributed by atoms with E-state index in [1.807, 2.05) is 35.0 Å². The van der Waals surface area contributed by atoms with E-state index in [0.29, 0.717) is 11.1 Å². The van der Waals surface area contributed by atoms with Gasteiger partial charge in [0, 0.05) is 5.92 Å². The third-order valence-corrected chi connectivity index (χ3v) is 5.18. The summed E-state index contributed by atoms with van der Waals surface area (Å²) in [7, 11) is 1.44. The molecule has 0 amide bonds. The molecule has 128 valence electrons. The maximum Gasteiger partial charge on any atom is 0.319 e. The van der Waals surface area contributed by atoms with Gasteiger partial charge in [-0.3, -0.25) is 4.79 Å². The molecule has 1 aromatic heterocycles. The number of ether oxygens (including phenoxy) is 1. The summed E-state index contributed by atoms with van der Waals surface area (Å²) in [5, 5.41) is 5.08. The molecular weight excluding hydrogens is 322 g/mol. The van der Waals surface area contributed by atoms with E-state index < -0.39 is 0 Å². The number of hydrogen-bond acceptors (Lipinski definition) is 5. The molecule has 0 N–H and O–H groups in total. The molecule has 1 atom stereocenters. The van der Waals surface area contributed by atoms with E-state index in [0.717, 1.165) is 43.6 Å². The molecule has 24 heavy (non-hydrogen) atoms. The van der Waals surface area contributed by atoms with Gasteiger partial charge >= 0.3 is 5.97 Å². The molecule has 1 saturated carbocycles. The van der Waals surface area contributed by atoms with E-state index in [1.165, 1.54) is 18.9 Å². The van der Waals surface area contributed by atoms with Gasteiger partial charge in [0.2, 0.25) is 5.16 Å². The van der Waals surface area contributed by atoms with Gasteiger partial charge in [0.05, 0.1) is 12.8 Å². The van der Waals surface area contributed by atoms with Crippen LogP contribution in [0.4, 0.5) is 0 Å². The zero-order valence-electron chi connectivity index (χ0n) is 14.1. The van der Waals surface area contributed by atoms with Crippen molar-refractivity contribution in [2.45, 2.75) is 55.4 Å². The Morgan fingerprint density at radius 1 is 1.38 bits per heavy atom. The highest BCUT2D eigenvalue weighted by atomic mass is 32.2. The van der Waals surface area contributed by atoms with Crippen LogP contribution in [-0.4, -0.2) is 33.1 Å². The van der Waals surface area contributed by atoms with Gasteiger partial charge in [-0.2, -0.15) is 0 Å². The van der Waals surface area contributed by atoms with E-state index in [-0.39, 0.29) is 11.2 Å². The molecule has 1 aliphatic rings. The van der Waals surface area contributed by atoms with Crippen molar-refractivity contribution in [2.24, 2.45) is 0 Å². The summed E-state index contributed by atoms with van der Waals surface area (Å²) < 4.78 is 6.87. The minimum absolute atomic E-state index is 0.197. The monoisotopic (exact) mass is 345 g/mol. The Labute approximate surface area is 146 Å². The first kappa shape index (κ1) is 17.0. The van der Waals surface area contributed by atoms with Crippen molar-refractivity contribution < 1.29 is 9.53 Å². The number of hydrogen-bond donors (Lipinski definition) is 0. The predicted molar refractivity (Wildman–Crippen MR) is 94.5 cm³/mol. The van der Waals surface area contributed by atoms with Crippen LogP contribution >= 0.6 is 11.8 Å². The molecule has 0 bridgehead atoms. The number of rotatable bonds is 8. The lowest BCUT2D eigenvalue weighted by Gasteiger charge is -2.11. The number of nitrogens with zero attached hydrogens (tertiary/aromatic N) is 3. The van der Waals surface area contributed by atoms with E-state index in [2.05, 4.69) is 12.0 Å². The molecule has 3 rings (SSSR count). The van der Waals surface area contributed by atoms with E-state index in [9.17, 15) is 4.79 Å². The highest BCUT2D eigenvalue weighted by molar-refractivity contribution is 8.00. The Kier molecular flexibility index (Phi) is 5.56. The standard InChI is InChI=1S/C18H23N3O2S/c1-3-4-10-15(17(22)23-2)24-18-19-16(13-11-12-13)21(20-18)14-8-6-5-7-9-14/h5-9,13,15H,3-4,10-12H2,1-2H3. The predicted octanol–water partition coefficient (Wildman–Crippen LogP) is 3.97. The van der Waals surface area contributed by atoms with Crippen molar-refractivity contribution in [1.82, 2.24) is 14.8 Å². The van der Waals surface area contributed by atoms with Crippen LogP contribution in [0.3, 0.4) is 0 Å². The van der Waals surface area contributed by atoms with Crippen molar-refractivity contribution in [1.29, 1.82) is 0 Å². The molecule has 1 fully saturated rings. The van der Waals surface area contributed by atoms with Gasteiger partial charge in [-0.05, 0) is 31.4 Å². The molecule has 1 heterocycles. The number of benzene rings is 1. The average molecular weight is 345 g/mol. The summed E-state index contributed by atoms with van der Waals surface area (Å²) in [5.41, 5.74) is 1.02. The molecule has 0 spiro atoms. The zero-order chi connectivity index (χ0) is 16.9. The Bertz CT molecular complexity index is 683. The van der Waals surface area contributed by atoms with Crippen molar-refractivity contribution in [3.05, 3.63) is 36.2 Å². The number of esters is 1. The van der Waals surface area contributed by atoms with Crippen LogP contribution in [0.5, 0.6) is 0 Å². The molecule has 0 saturated heterocycles. The first-order valence-electron chi connectivity index (χ1n) is 8.49. The molecule has 1 aliphatic carbocycles. The van der Waals surface area contributed by atoms with Crippen molar-refractivity contribution in [3.63, 3.8) is 0 Å². The Hall–Kier alpha value is -1.82. The Morgan fingerprint density at radius 3 is 2.75 bits per heavy atom. The number of methoxy groups -OCH3 is 1. The van der Waals surface area contributed by atoms with Crippen LogP contribution in [0.2, 0.25) is 0 Å². The topological polar surface area (TPSA) is 57.0 Å². The van der Waals surface area contributed by atoms with Crippen molar-refractivity contribution in [3.8, 4) is 5.69 Å². The first-order valence-corrected chi connectivity index (χ1v) is 9.37. The zero-order valence-corrected chi connectivity index (χ0v) is 15.0. The number of unbranched alkanes of at least 4 members (excludes halogenated alkanes) is 1. The van der Waals surface area contributed by atoms with Crippen LogP contribution in [0.1, 0.15) is 50.8 Å². The lowest BCUT2D eigenvalue weighted by Crippen LogP contribution is -2.19. The minimum Gasteiger partial charge on any atom is -0.468 e. The molecule has 1 unspecified atom stereocenters. The molecular formula is C18H23N3O2S. The number of para-hydroxylation sites is 1. The lowest BCUT2D eigenvalue weighted by atomic mass is 10.2. The van der Waals surface area contributed by atoms with E-state index >= 15 is 0 Å². The van der Waals surface area contributed by atoms with Crippen LogP contribution in [-0.2, 0) is 9.53 Å². The van der Waals surface area contributed by atoms with Crippen molar-refractivity contribution >= 4 is 17.7 Å². The highest BCUT2D eigenvalue weighted by Crippen LogP contribution is 2.40. The van der Waals surface area contributed by atoms with Crippen molar-refractivity contribution in [2.75, 3.05) is 7.11 Å². The van der Waals surface area contributed by atoms with Gasteiger partial charge in [0.25, 0.3) is 0 Å². The van der Waals surface area contributed by atoms with Gasteiger partial charge in [0.15, 0.2) is 0 Å². The van der Waals surface area contributed by atoms with Gasteiger partial charge in [-0.1, -0.05) is 49.7 Å². The smallest absolute Gasteiger partial charge is 0.319 e. The largest absolute Gasteiger partial charge is 0.468 e. The Morgan fingerprint density at radius 2 is 2.12 bits per heavy atom. The van der Waals surface area contributed by atoms with Gasteiger partial charge < -0.3 is 4.74 Å². The lowest BCUT2D eigenvalue weighted by molar-refractivity contribution is -0.140. The number of thioether (sulfide) groups is 1. The van der Waals surface area contributed by atoms with E-state index in [4.69, 9.17) is 9.72 Å². The van der Waals surface area contributed by atoms with Crippen LogP contribution < -0.4 is 0 Å². The normalized spacial score (nSPS) is 15.2. The summed E-state index contributed by atoms with van der Waals surface area (Å²) in [6, 6.07) is 10.1. The molecule has 6 heteroatoms. The van der Waals surface area contributed by atoms with Crippen LogP contribution in [0, 0.1) is 0 Å². The fourth-order valence-electron chi connectivity index (χ4n) is 2.59. The van der Waals surface area contributed by atoms with Gasteiger partial charge in [-0.25, -0.2) is 9.67 Å². The summed E-state index contributed by atoms with van der Waals surface area (Å²) in [5.74, 6) is 1.29. The Balaban J connectivity index is 1.84. The number of aromatic nitrogens is 3. The second-order valence-electron chi connectivity index (χ2n) is 6.05. The maximum absolute atomic E-state index is 12.0. The quantitative estimate of drug-likeness (QED) is 0.535. The second-order valence-corrected chi connectivity index (χ2v) is 7.22. The molecule has 0 aliphatic heterocycles.